The predicted molar refractivity (Wildman–Crippen MR) is 112 cm³/mol. The van der Waals surface area contributed by atoms with Crippen molar-refractivity contribution in [2.75, 3.05) is 20.7 Å². The van der Waals surface area contributed by atoms with Crippen molar-refractivity contribution in [3.8, 4) is 17.2 Å². The summed E-state index contributed by atoms with van der Waals surface area (Å²) in [6, 6.07) is 16.1. The molecule has 146 valence electrons. The molecule has 0 spiro atoms. The van der Waals surface area contributed by atoms with Gasteiger partial charge in [-0.1, -0.05) is 29.8 Å². The number of guanidine groups is 1. The molecular formula is C22H26N4O2. The van der Waals surface area contributed by atoms with Crippen LogP contribution < -0.4 is 15.4 Å². The lowest BCUT2D eigenvalue weighted by Crippen LogP contribution is -2.37. The summed E-state index contributed by atoms with van der Waals surface area (Å²) in [4.78, 5) is 8.82. The van der Waals surface area contributed by atoms with E-state index in [0.29, 0.717) is 19.0 Å². The lowest BCUT2D eigenvalue weighted by Gasteiger charge is -2.11. The van der Waals surface area contributed by atoms with Gasteiger partial charge in [0, 0.05) is 32.1 Å². The number of methoxy groups -OCH3 is 1. The van der Waals surface area contributed by atoms with Crippen molar-refractivity contribution in [1.82, 2.24) is 15.6 Å². The molecule has 0 aliphatic heterocycles. The highest BCUT2D eigenvalue weighted by molar-refractivity contribution is 5.79. The summed E-state index contributed by atoms with van der Waals surface area (Å²) >= 11 is 0. The van der Waals surface area contributed by atoms with Crippen molar-refractivity contribution < 1.29 is 9.15 Å². The summed E-state index contributed by atoms with van der Waals surface area (Å²) in [6.45, 7) is 3.46. The van der Waals surface area contributed by atoms with Crippen LogP contribution in [0.3, 0.4) is 0 Å². The summed E-state index contributed by atoms with van der Waals surface area (Å²) in [5.41, 5.74) is 4.27. The van der Waals surface area contributed by atoms with Crippen LogP contribution in [0.5, 0.6) is 5.75 Å². The summed E-state index contributed by atoms with van der Waals surface area (Å²) in [5, 5.41) is 6.60. The van der Waals surface area contributed by atoms with Gasteiger partial charge in [-0.25, -0.2) is 4.98 Å². The maximum atomic E-state index is 5.60. The van der Waals surface area contributed by atoms with Crippen molar-refractivity contribution in [3.63, 3.8) is 0 Å². The van der Waals surface area contributed by atoms with E-state index in [9.17, 15) is 0 Å². The number of aromatic nitrogens is 1. The van der Waals surface area contributed by atoms with Gasteiger partial charge >= 0.3 is 0 Å². The third-order valence-corrected chi connectivity index (χ3v) is 4.37. The van der Waals surface area contributed by atoms with E-state index in [1.165, 1.54) is 5.56 Å². The molecule has 6 heteroatoms. The van der Waals surface area contributed by atoms with Crippen molar-refractivity contribution in [2.24, 2.45) is 4.99 Å². The molecule has 0 aliphatic carbocycles. The Bertz CT molecular complexity index is 899. The molecule has 0 aliphatic rings. The molecular weight excluding hydrogens is 352 g/mol. The van der Waals surface area contributed by atoms with Gasteiger partial charge in [-0.3, -0.25) is 4.99 Å². The third kappa shape index (κ3) is 5.36. The van der Waals surface area contributed by atoms with E-state index < -0.39 is 0 Å². The average Bonchev–Trinajstić information content (AvgIpc) is 3.20. The molecule has 0 atom stereocenters. The van der Waals surface area contributed by atoms with Crippen LogP contribution in [-0.4, -0.2) is 31.6 Å². The SMILES string of the molecule is CN=C(NCCc1coc(-c2ccc(C)cc2)n1)NCc1ccc(OC)cc1. The highest BCUT2D eigenvalue weighted by Crippen LogP contribution is 2.19. The maximum absolute atomic E-state index is 5.60. The lowest BCUT2D eigenvalue weighted by atomic mass is 10.1. The topological polar surface area (TPSA) is 71.7 Å². The van der Waals surface area contributed by atoms with E-state index in [0.717, 1.165) is 35.0 Å². The summed E-state index contributed by atoms with van der Waals surface area (Å²) in [6.07, 6.45) is 2.46. The number of hydrogen-bond acceptors (Lipinski definition) is 4. The first kappa shape index (κ1) is 19.5. The van der Waals surface area contributed by atoms with Crippen LogP contribution in [-0.2, 0) is 13.0 Å². The van der Waals surface area contributed by atoms with E-state index in [4.69, 9.17) is 9.15 Å². The number of rotatable bonds is 7. The number of aryl methyl sites for hydroxylation is 1. The average molecular weight is 378 g/mol. The van der Waals surface area contributed by atoms with Crippen LogP contribution in [0.1, 0.15) is 16.8 Å². The smallest absolute Gasteiger partial charge is 0.226 e. The molecule has 0 bridgehead atoms. The fraction of sp³-hybridized carbons (Fsp3) is 0.273. The van der Waals surface area contributed by atoms with Crippen LogP contribution in [0, 0.1) is 6.92 Å². The van der Waals surface area contributed by atoms with Gasteiger partial charge in [0.1, 0.15) is 12.0 Å². The van der Waals surface area contributed by atoms with Gasteiger partial charge in [-0.2, -0.15) is 0 Å². The molecule has 28 heavy (non-hydrogen) atoms. The monoisotopic (exact) mass is 378 g/mol. The van der Waals surface area contributed by atoms with Crippen LogP contribution in [0.15, 0.2) is 64.2 Å². The zero-order valence-electron chi connectivity index (χ0n) is 16.5. The number of nitrogens with one attached hydrogen (secondary N) is 2. The van der Waals surface area contributed by atoms with Crippen molar-refractivity contribution in [3.05, 3.63) is 71.6 Å². The molecule has 2 N–H and O–H groups in total. The molecule has 3 aromatic rings. The van der Waals surface area contributed by atoms with Crippen molar-refractivity contribution >= 4 is 5.96 Å². The number of hydrogen-bond donors (Lipinski definition) is 2. The Morgan fingerprint density at radius 3 is 2.50 bits per heavy atom. The zero-order valence-corrected chi connectivity index (χ0v) is 16.5. The number of oxazole rings is 1. The van der Waals surface area contributed by atoms with Crippen molar-refractivity contribution in [2.45, 2.75) is 19.9 Å². The van der Waals surface area contributed by atoms with Crippen LogP contribution >= 0.6 is 0 Å². The Kier molecular flexibility index (Phi) is 6.68. The fourth-order valence-corrected chi connectivity index (χ4v) is 2.71. The molecule has 0 saturated carbocycles. The Morgan fingerprint density at radius 1 is 1.07 bits per heavy atom. The van der Waals surface area contributed by atoms with Crippen molar-refractivity contribution in [1.29, 1.82) is 0 Å². The van der Waals surface area contributed by atoms with Crippen LogP contribution in [0.2, 0.25) is 0 Å². The second kappa shape index (κ2) is 9.60. The molecule has 1 heterocycles. The van der Waals surface area contributed by atoms with Gasteiger partial charge < -0.3 is 19.8 Å². The highest BCUT2D eigenvalue weighted by Gasteiger charge is 2.07. The van der Waals surface area contributed by atoms with E-state index in [-0.39, 0.29) is 0 Å². The van der Waals surface area contributed by atoms with E-state index in [2.05, 4.69) is 39.7 Å². The molecule has 2 aromatic carbocycles. The van der Waals surface area contributed by atoms with Crippen LogP contribution in [0.25, 0.3) is 11.5 Å². The van der Waals surface area contributed by atoms with Gasteiger partial charge in [0.15, 0.2) is 5.96 Å². The van der Waals surface area contributed by atoms with Gasteiger partial charge in [0.25, 0.3) is 0 Å². The largest absolute Gasteiger partial charge is 0.497 e. The number of aliphatic imine (C=N–C) groups is 1. The summed E-state index contributed by atoms with van der Waals surface area (Å²) in [5.74, 6) is 2.25. The maximum Gasteiger partial charge on any atom is 0.226 e. The Morgan fingerprint density at radius 2 is 1.82 bits per heavy atom. The predicted octanol–water partition coefficient (Wildman–Crippen LogP) is 3.57. The molecule has 1 aromatic heterocycles. The molecule has 6 nitrogen and oxygen atoms in total. The second-order valence-electron chi connectivity index (χ2n) is 6.46. The Labute approximate surface area is 165 Å². The quantitative estimate of drug-likeness (QED) is 0.486. The lowest BCUT2D eigenvalue weighted by molar-refractivity contribution is 0.414. The zero-order chi connectivity index (χ0) is 19.8. The molecule has 0 saturated heterocycles. The third-order valence-electron chi connectivity index (χ3n) is 4.37. The highest BCUT2D eigenvalue weighted by atomic mass is 16.5. The Hall–Kier alpha value is -3.28. The minimum Gasteiger partial charge on any atom is -0.497 e. The van der Waals surface area contributed by atoms with Gasteiger partial charge in [-0.05, 0) is 36.8 Å². The standard InChI is InChI=1S/C22H26N4O2/c1-16-4-8-18(9-5-16)21-26-19(15-28-21)12-13-24-22(23-2)25-14-17-6-10-20(27-3)11-7-17/h4-11,15H,12-14H2,1-3H3,(H2,23,24,25). The Balaban J connectivity index is 1.46. The second-order valence-corrected chi connectivity index (χ2v) is 6.46. The summed E-state index contributed by atoms with van der Waals surface area (Å²) < 4.78 is 10.8. The minimum absolute atomic E-state index is 0.650. The molecule has 0 radical (unpaired) electrons. The fourth-order valence-electron chi connectivity index (χ4n) is 2.71. The van der Waals surface area contributed by atoms with Crippen LogP contribution in [0.4, 0.5) is 0 Å². The van der Waals surface area contributed by atoms with E-state index in [1.54, 1.807) is 20.4 Å². The van der Waals surface area contributed by atoms with Gasteiger partial charge in [0.2, 0.25) is 5.89 Å². The summed E-state index contributed by atoms with van der Waals surface area (Å²) in [7, 11) is 3.42. The van der Waals surface area contributed by atoms with Gasteiger partial charge in [0.05, 0.1) is 12.8 Å². The van der Waals surface area contributed by atoms with E-state index in [1.807, 2.05) is 36.4 Å². The molecule has 3 rings (SSSR count). The molecule has 0 unspecified atom stereocenters. The number of ether oxygens (including phenoxy) is 1. The molecule has 0 fully saturated rings. The number of nitrogens with zero attached hydrogens (tertiary/aromatic N) is 2. The molecule has 0 amide bonds. The first-order valence-corrected chi connectivity index (χ1v) is 9.27. The first-order valence-electron chi connectivity index (χ1n) is 9.27. The minimum atomic E-state index is 0.650. The normalized spacial score (nSPS) is 11.3. The number of benzene rings is 2. The van der Waals surface area contributed by atoms with E-state index >= 15 is 0 Å². The first-order chi connectivity index (χ1) is 13.7. The van der Waals surface area contributed by atoms with Gasteiger partial charge in [-0.15, -0.1) is 0 Å².